The molecule has 0 bridgehead atoms. The Morgan fingerprint density at radius 2 is 1.90 bits per heavy atom. The Bertz CT molecular complexity index is 427. The van der Waals surface area contributed by atoms with E-state index in [9.17, 15) is 4.79 Å². The maximum Gasteiger partial charge on any atom is 0.323 e. The minimum absolute atomic E-state index is 0.133. The number of benzene rings is 1. The summed E-state index contributed by atoms with van der Waals surface area (Å²) >= 11 is 2.15. The average Bonchev–Trinajstić information content (AvgIpc) is 2.48. The molecule has 0 spiro atoms. The number of likely N-dealkylation sites (tertiary alicyclic amines) is 1. The van der Waals surface area contributed by atoms with Crippen LogP contribution in [-0.2, 0) is 9.53 Å². The molecular weight excluding hydrogens is 365 g/mol. The van der Waals surface area contributed by atoms with E-state index in [-0.39, 0.29) is 9.89 Å². The van der Waals surface area contributed by atoms with Crippen molar-refractivity contribution >= 4 is 28.6 Å². The first-order valence-electron chi connectivity index (χ1n) is 7.26. The Balaban J connectivity index is 1.74. The van der Waals surface area contributed by atoms with Crippen molar-refractivity contribution in [2.75, 3.05) is 26.2 Å². The lowest BCUT2D eigenvalue weighted by molar-refractivity contribution is -0.143. The number of halogens is 1. The summed E-state index contributed by atoms with van der Waals surface area (Å²) < 4.78 is 5.19. The number of rotatable bonds is 5. The smallest absolute Gasteiger partial charge is 0.323 e. The summed E-state index contributed by atoms with van der Waals surface area (Å²) in [4.78, 5) is 14.4. The third-order valence-corrected chi connectivity index (χ3v) is 4.91. The molecular formula is C16H22INO2. The molecule has 1 unspecified atom stereocenters. The van der Waals surface area contributed by atoms with Crippen LogP contribution in [0.4, 0.5) is 0 Å². The molecule has 0 N–H and O–H groups in total. The van der Waals surface area contributed by atoms with E-state index in [1.165, 1.54) is 24.8 Å². The molecule has 2 rings (SSSR count). The largest absolute Gasteiger partial charge is 0.463 e. The summed E-state index contributed by atoms with van der Waals surface area (Å²) in [6.45, 7) is 5.70. The van der Waals surface area contributed by atoms with Gasteiger partial charge in [0.15, 0.2) is 0 Å². The van der Waals surface area contributed by atoms with E-state index < -0.39 is 0 Å². The van der Waals surface area contributed by atoms with E-state index in [0.29, 0.717) is 6.61 Å². The quantitative estimate of drug-likeness (QED) is 0.440. The first-order valence-corrected chi connectivity index (χ1v) is 8.51. The number of ether oxygens (including phenoxy) is 1. The van der Waals surface area contributed by atoms with Crippen LogP contribution in [-0.4, -0.2) is 37.1 Å². The first-order chi connectivity index (χ1) is 9.66. The molecule has 1 heterocycles. The molecule has 1 aromatic rings. The summed E-state index contributed by atoms with van der Waals surface area (Å²) in [6, 6.07) is 8.06. The summed E-state index contributed by atoms with van der Waals surface area (Å²) in [5.41, 5.74) is 2.22. The Labute approximate surface area is 134 Å². The molecule has 110 valence electrons. The van der Waals surface area contributed by atoms with Crippen molar-refractivity contribution in [2.24, 2.45) is 0 Å². The highest BCUT2D eigenvalue weighted by Gasteiger charge is 2.19. The second-order valence-corrected chi connectivity index (χ2v) is 6.59. The molecule has 1 aliphatic rings. The molecule has 0 amide bonds. The molecule has 3 nitrogen and oxygen atoms in total. The van der Waals surface area contributed by atoms with Gasteiger partial charge in [0.05, 0.1) is 0 Å². The summed E-state index contributed by atoms with van der Waals surface area (Å²) in [5.74, 6) is -0.133. The van der Waals surface area contributed by atoms with Gasteiger partial charge in [-0.2, -0.15) is 0 Å². The van der Waals surface area contributed by atoms with Crippen LogP contribution in [0.3, 0.4) is 0 Å². The van der Waals surface area contributed by atoms with E-state index >= 15 is 0 Å². The molecule has 1 aliphatic heterocycles. The van der Waals surface area contributed by atoms with Crippen molar-refractivity contribution < 1.29 is 9.53 Å². The fraction of sp³-hybridized carbons (Fsp3) is 0.562. The SMILES string of the molecule is Cc1ccc(C(I)C(=O)OCCN2CCCCC2)cc1. The standard InChI is InChI=1S/C16H22INO2/c1-13-5-7-14(8-6-13)15(17)16(19)20-12-11-18-9-3-2-4-10-18/h5-8,15H,2-4,9-12H2,1H3. The van der Waals surface area contributed by atoms with Gasteiger partial charge in [-0.15, -0.1) is 0 Å². The van der Waals surface area contributed by atoms with Crippen LogP contribution >= 0.6 is 22.6 Å². The van der Waals surface area contributed by atoms with Gasteiger partial charge >= 0.3 is 5.97 Å². The Morgan fingerprint density at radius 3 is 2.55 bits per heavy atom. The van der Waals surface area contributed by atoms with Crippen molar-refractivity contribution in [1.82, 2.24) is 4.90 Å². The van der Waals surface area contributed by atoms with Gasteiger partial charge in [-0.25, -0.2) is 0 Å². The number of nitrogens with zero attached hydrogens (tertiary/aromatic N) is 1. The molecule has 1 aromatic carbocycles. The molecule has 1 atom stereocenters. The van der Waals surface area contributed by atoms with Crippen molar-refractivity contribution in [1.29, 1.82) is 0 Å². The fourth-order valence-corrected chi connectivity index (χ4v) is 3.00. The Morgan fingerprint density at radius 1 is 1.25 bits per heavy atom. The number of carbonyl (C=O) groups excluding carboxylic acids is 1. The van der Waals surface area contributed by atoms with Crippen molar-refractivity contribution in [3.8, 4) is 0 Å². The molecule has 0 aliphatic carbocycles. The van der Waals surface area contributed by atoms with Crippen molar-refractivity contribution in [2.45, 2.75) is 30.1 Å². The van der Waals surface area contributed by atoms with Crippen LogP contribution in [0, 0.1) is 6.92 Å². The van der Waals surface area contributed by atoms with Crippen molar-refractivity contribution in [3.63, 3.8) is 0 Å². The van der Waals surface area contributed by atoms with E-state index in [0.717, 1.165) is 25.2 Å². The zero-order chi connectivity index (χ0) is 14.4. The lowest BCUT2D eigenvalue weighted by Crippen LogP contribution is -2.33. The Kier molecular flexibility index (Phi) is 6.29. The molecule has 0 saturated carbocycles. The van der Waals surface area contributed by atoms with Gasteiger partial charge in [0.25, 0.3) is 0 Å². The van der Waals surface area contributed by atoms with Crippen molar-refractivity contribution in [3.05, 3.63) is 35.4 Å². The molecule has 0 aromatic heterocycles. The minimum atomic E-state index is -0.213. The van der Waals surface area contributed by atoms with Crippen LogP contribution in [0.25, 0.3) is 0 Å². The highest BCUT2D eigenvalue weighted by Crippen LogP contribution is 2.25. The molecule has 0 radical (unpaired) electrons. The highest BCUT2D eigenvalue weighted by atomic mass is 127. The highest BCUT2D eigenvalue weighted by molar-refractivity contribution is 14.1. The normalized spacial score (nSPS) is 17.7. The van der Waals surface area contributed by atoms with E-state index in [1.807, 2.05) is 31.2 Å². The van der Waals surface area contributed by atoms with Gasteiger partial charge in [0.2, 0.25) is 0 Å². The maximum atomic E-state index is 12.0. The van der Waals surface area contributed by atoms with Gasteiger partial charge in [-0.05, 0) is 38.4 Å². The van der Waals surface area contributed by atoms with Gasteiger partial charge in [0, 0.05) is 6.54 Å². The van der Waals surface area contributed by atoms with Crippen LogP contribution < -0.4 is 0 Å². The van der Waals surface area contributed by atoms with E-state index in [4.69, 9.17) is 4.74 Å². The summed E-state index contributed by atoms with van der Waals surface area (Å²) in [6.07, 6.45) is 3.87. The zero-order valence-corrected chi connectivity index (χ0v) is 14.1. The summed E-state index contributed by atoms with van der Waals surface area (Å²) in [5, 5.41) is 0. The number of hydrogen-bond donors (Lipinski definition) is 0. The number of aryl methyl sites for hydroxylation is 1. The van der Waals surface area contributed by atoms with E-state index in [2.05, 4.69) is 27.5 Å². The molecule has 1 saturated heterocycles. The third-order valence-electron chi connectivity index (χ3n) is 3.68. The first kappa shape index (κ1) is 15.8. The molecule has 20 heavy (non-hydrogen) atoms. The maximum absolute atomic E-state index is 12.0. The molecule has 1 fully saturated rings. The number of hydrogen-bond acceptors (Lipinski definition) is 3. The second-order valence-electron chi connectivity index (χ2n) is 5.34. The number of esters is 1. The van der Waals surface area contributed by atoms with Crippen LogP contribution in [0.5, 0.6) is 0 Å². The van der Waals surface area contributed by atoms with Crippen LogP contribution in [0.2, 0.25) is 0 Å². The monoisotopic (exact) mass is 387 g/mol. The van der Waals surface area contributed by atoms with Gasteiger partial charge in [-0.1, -0.05) is 58.8 Å². The third kappa shape index (κ3) is 4.74. The lowest BCUT2D eigenvalue weighted by atomic mass is 10.1. The fourth-order valence-electron chi connectivity index (χ4n) is 2.40. The van der Waals surface area contributed by atoms with Gasteiger partial charge in [-0.3, -0.25) is 9.69 Å². The predicted octanol–water partition coefficient (Wildman–Crippen LogP) is 3.50. The van der Waals surface area contributed by atoms with Gasteiger partial charge in [0.1, 0.15) is 10.5 Å². The predicted molar refractivity (Wildman–Crippen MR) is 89.2 cm³/mol. The number of alkyl halides is 1. The zero-order valence-electron chi connectivity index (χ0n) is 12.0. The Hall–Kier alpha value is -0.620. The topological polar surface area (TPSA) is 29.5 Å². The number of piperidine rings is 1. The second kappa shape index (κ2) is 7.98. The molecule has 4 heteroatoms. The number of carbonyl (C=O) groups is 1. The van der Waals surface area contributed by atoms with Crippen LogP contribution in [0.15, 0.2) is 24.3 Å². The van der Waals surface area contributed by atoms with E-state index in [1.54, 1.807) is 0 Å². The average molecular weight is 387 g/mol. The summed E-state index contributed by atoms with van der Waals surface area (Å²) in [7, 11) is 0. The van der Waals surface area contributed by atoms with Crippen LogP contribution in [0.1, 0.15) is 34.3 Å². The minimum Gasteiger partial charge on any atom is -0.463 e. The lowest BCUT2D eigenvalue weighted by Gasteiger charge is -2.26. The van der Waals surface area contributed by atoms with Gasteiger partial charge < -0.3 is 4.74 Å².